The Morgan fingerprint density at radius 1 is 1.21 bits per heavy atom. The number of benzene rings is 2. The summed E-state index contributed by atoms with van der Waals surface area (Å²) in [5.74, 6) is 4.73. The number of rotatable bonds is 6. The van der Waals surface area contributed by atoms with Gasteiger partial charge in [-0.15, -0.1) is 0 Å². The van der Waals surface area contributed by atoms with Crippen molar-refractivity contribution < 1.29 is 33.6 Å². The fourth-order valence-corrected chi connectivity index (χ4v) is 3.67. The third kappa shape index (κ3) is 5.11. The van der Waals surface area contributed by atoms with Gasteiger partial charge in [-0.1, -0.05) is 24.0 Å². The molecule has 3 N–H and O–H groups in total. The van der Waals surface area contributed by atoms with Gasteiger partial charge in [0.1, 0.15) is 29.9 Å². The fourth-order valence-electron chi connectivity index (χ4n) is 3.67. The molecular formula is C25H24F2N2O5. The second kappa shape index (κ2) is 10.3. The zero-order valence-corrected chi connectivity index (χ0v) is 18.4. The molecule has 0 saturated carbocycles. The van der Waals surface area contributed by atoms with Crippen LogP contribution in [0.2, 0.25) is 0 Å². The molecule has 0 spiro atoms. The Hall–Kier alpha value is -3.29. The van der Waals surface area contributed by atoms with Gasteiger partial charge in [0.2, 0.25) is 0 Å². The molecule has 1 aromatic heterocycles. The average Bonchev–Trinajstić information content (AvgIpc) is 3.45. The molecule has 0 aliphatic carbocycles. The molecule has 1 aliphatic heterocycles. The van der Waals surface area contributed by atoms with Gasteiger partial charge in [0.15, 0.2) is 17.7 Å². The van der Waals surface area contributed by atoms with Crippen molar-refractivity contribution in [3.8, 4) is 28.7 Å². The molecule has 3 aromatic rings. The van der Waals surface area contributed by atoms with Gasteiger partial charge in [-0.25, -0.2) is 13.8 Å². The molecule has 1 aliphatic rings. The number of imidazole rings is 1. The van der Waals surface area contributed by atoms with Crippen LogP contribution in [0.3, 0.4) is 0 Å². The first-order valence-corrected chi connectivity index (χ1v) is 10.7. The molecule has 1 fully saturated rings. The van der Waals surface area contributed by atoms with Gasteiger partial charge in [0.05, 0.1) is 19.8 Å². The van der Waals surface area contributed by atoms with E-state index in [-0.39, 0.29) is 31.1 Å². The molecule has 4 atom stereocenters. The van der Waals surface area contributed by atoms with Crippen molar-refractivity contribution in [2.45, 2.75) is 31.3 Å². The molecule has 1 unspecified atom stereocenters. The monoisotopic (exact) mass is 470 g/mol. The van der Waals surface area contributed by atoms with E-state index in [1.165, 1.54) is 36.5 Å². The minimum absolute atomic E-state index is 0.0488. The number of aliphatic hydroxyl groups excluding tert-OH is 3. The van der Waals surface area contributed by atoms with Gasteiger partial charge >= 0.3 is 0 Å². The van der Waals surface area contributed by atoms with Crippen molar-refractivity contribution in [1.82, 2.24) is 9.55 Å². The minimum atomic E-state index is -0.837. The van der Waals surface area contributed by atoms with Crippen LogP contribution in [0.4, 0.5) is 8.78 Å². The number of nitrogens with zero attached hydrogens (tertiary/aromatic N) is 2. The Balaban J connectivity index is 1.52. The summed E-state index contributed by atoms with van der Waals surface area (Å²) in [7, 11) is 0. The number of hydrogen-bond acceptors (Lipinski definition) is 6. The highest BCUT2D eigenvalue weighted by Crippen LogP contribution is 2.29. The van der Waals surface area contributed by atoms with Crippen LogP contribution >= 0.6 is 0 Å². The quantitative estimate of drug-likeness (QED) is 0.480. The van der Waals surface area contributed by atoms with E-state index in [4.69, 9.17) is 9.47 Å². The zero-order valence-electron chi connectivity index (χ0n) is 18.4. The van der Waals surface area contributed by atoms with Crippen LogP contribution in [-0.2, 0) is 4.74 Å². The summed E-state index contributed by atoms with van der Waals surface area (Å²) in [6.45, 7) is 1.54. The van der Waals surface area contributed by atoms with E-state index in [1.54, 1.807) is 23.8 Å². The van der Waals surface area contributed by atoms with Gasteiger partial charge < -0.3 is 29.4 Å². The Labute approximate surface area is 195 Å². The summed E-state index contributed by atoms with van der Waals surface area (Å²) in [5.41, 5.74) is 0.873. The first-order chi connectivity index (χ1) is 16.4. The first-order valence-electron chi connectivity index (χ1n) is 10.7. The molecule has 9 heteroatoms. The second-order valence-corrected chi connectivity index (χ2v) is 7.94. The first kappa shape index (κ1) is 23.9. The highest BCUT2D eigenvalue weighted by Gasteiger charge is 2.28. The largest absolute Gasteiger partial charge is 0.482 e. The third-order valence-electron chi connectivity index (χ3n) is 5.45. The molecule has 7 nitrogen and oxygen atoms in total. The van der Waals surface area contributed by atoms with E-state index < -0.39 is 36.0 Å². The molecule has 0 bridgehead atoms. The van der Waals surface area contributed by atoms with E-state index >= 15 is 0 Å². The lowest BCUT2D eigenvalue weighted by Gasteiger charge is -2.16. The van der Waals surface area contributed by atoms with Gasteiger partial charge in [-0.3, -0.25) is 0 Å². The smallest absolute Gasteiger partial charge is 0.165 e. The summed E-state index contributed by atoms with van der Waals surface area (Å²) in [6, 6.07) is 7.74. The highest BCUT2D eigenvalue weighted by atomic mass is 19.1. The van der Waals surface area contributed by atoms with Gasteiger partial charge in [-0.05, 0) is 36.8 Å². The summed E-state index contributed by atoms with van der Waals surface area (Å²) in [4.78, 5) is 4.06. The maximum atomic E-state index is 14.8. The van der Waals surface area contributed by atoms with E-state index in [2.05, 4.69) is 16.8 Å². The lowest BCUT2D eigenvalue weighted by Crippen LogP contribution is -2.30. The molecule has 2 heterocycles. The standard InChI is InChI=1S/C25H24F2N2O5/c1-15(31)25-28-8-9-29(25)18(12-30)5-2-16-3-6-19(20(26)10-16)17-4-7-23(21(27)11-17)34-24-14-33-13-22(24)32/h3-4,6-11,15,18,22,24,30-32H,12-14H2,1H3/t15-,18-,22+,24?/m0/s1. The van der Waals surface area contributed by atoms with Crippen molar-refractivity contribution in [3.05, 3.63) is 71.8 Å². The molecule has 0 radical (unpaired) electrons. The third-order valence-corrected chi connectivity index (χ3v) is 5.45. The van der Waals surface area contributed by atoms with Crippen molar-refractivity contribution in [3.63, 3.8) is 0 Å². The average molecular weight is 470 g/mol. The van der Waals surface area contributed by atoms with Crippen LogP contribution in [0.1, 0.15) is 30.5 Å². The maximum Gasteiger partial charge on any atom is 0.165 e. The predicted octanol–water partition coefficient (Wildman–Crippen LogP) is 2.61. The van der Waals surface area contributed by atoms with Crippen molar-refractivity contribution in [1.29, 1.82) is 0 Å². The highest BCUT2D eigenvalue weighted by molar-refractivity contribution is 5.66. The van der Waals surface area contributed by atoms with Crippen molar-refractivity contribution >= 4 is 0 Å². The lowest BCUT2D eigenvalue weighted by molar-refractivity contribution is 0.0708. The van der Waals surface area contributed by atoms with Gasteiger partial charge in [-0.2, -0.15) is 0 Å². The van der Waals surface area contributed by atoms with E-state index in [0.29, 0.717) is 17.0 Å². The minimum Gasteiger partial charge on any atom is -0.482 e. The van der Waals surface area contributed by atoms with Gasteiger partial charge in [0.25, 0.3) is 0 Å². The molecule has 4 rings (SSSR count). The second-order valence-electron chi connectivity index (χ2n) is 7.94. The summed E-state index contributed by atoms with van der Waals surface area (Å²) < 4.78 is 41.5. The summed E-state index contributed by atoms with van der Waals surface area (Å²) >= 11 is 0. The molecule has 1 saturated heterocycles. The van der Waals surface area contributed by atoms with Crippen molar-refractivity contribution in [2.75, 3.05) is 19.8 Å². The predicted molar refractivity (Wildman–Crippen MR) is 119 cm³/mol. The zero-order chi connectivity index (χ0) is 24.2. The van der Waals surface area contributed by atoms with E-state index in [0.717, 1.165) is 0 Å². The maximum absolute atomic E-state index is 14.8. The lowest BCUT2D eigenvalue weighted by atomic mass is 10.0. The summed E-state index contributed by atoms with van der Waals surface area (Å²) in [5, 5.41) is 29.3. The Morgan fingerprint density at radius 3 is 2.68 bits per heavy atom. The normalized spacial score (nSPS) is 19.4. The van der Waals surface area contributed by atoms with Crippen LogP contribution < -0.4 is 4.74 Å². The topological polar surface area (TPSA) is 97.0 Å². The van der Waals surface area contributed by atoms with Crippen LogP contribution in [0.25, 0.3) is 11.1 Å². The Kier molecular flexibility index (Phi) is 7.24. The number of ether oxygens (including phenoxy) is 2. The van der Waals surface area contributed by atoms with Crippen LogP contribution in [0, 0.1) is 23.5 Å². The fraction of sp³-hybridized carbons (Fsp3) is 0.320. The van der Waals surface area contributed by atoms with Crippen LogP contribution in [0.15, 0.2) is 48.8 Å². The molecule has 178 valence electrons. The summed E-state index contributed by atoms with van der Waals surface area (Å²) in [6.07, 6.45) is 0.778. The molecule has 34 heavy (non-hydrogen) atoms. The van der Waals surface area contributed by atoms with Gasteiger partial charge in [0, 0.05) is 23.5 Å². The van der Waals surface area contributed by atoms with Crippen molar-refractivity contribution in [2.24, 2.45) is 0 Å². The number of hydrogen-bond donors (Lipinski definition) is 3. The van der Waals surface area contributed by atoms with Crippen LogP contribution in [0.5, 0.6) is 5.75 Å². The Bertz CT molecular complexity index is 1220. The molecule has 2 aromatic carbocycles. The van der Waals surface area contributed by atoms with E-state index in [9.17, 15) is 24.1 Å². The number of aliphatic hydroxyl groups is 3. The van der Waals surface area contributed by atoms with E-state index in [1.807, 2.05) is 0 Å². The molecular weight excluding hydrogens is 446 g/mol. The Morgan fingerprint density at radius 2 is 2.03 bits per heavy atom. The van der Waals surface area contributed by atoms with Crippen LogP contribution in [-0.4, -0.2) is 56.9 Å². The molecule has 0 amide bonds. The number of halogens is 2. The number of aromatic nitrogens is 2. The SMILES string of the molecule is C[C@H](O)c1nccn1[C@@H](C#Cc1ccc(-c2ccc(OC3COC[C@H]3O)c(F)c2)c(F)c1)CO.